The maximum atomic E-state index is 14.0. The van der Waals surface area contributed by atoms with Gasteiger partial charge in [0, 0.05) is 54.9 Å². The van der Waals surface area contributed by atoms with Crippen LogP contribution in [-0.4, -0.2) is 95.9 Å². The number of hydrogen-bond acceptors (Lipinski definition) is 13. The lowest BCUT2D eigenvalue weighted by molar-refractivity contribution is -0.190. The zero-order valence-corrected chi connectivity index (χ0v) is 39.5. The number of carbonyl (C=O) groups is 6. The summed E-state index contributed by atoms with van der Waals surface area (Å²) in [6.45, 7) is 13.0. The Kier molecular flexibility index (Phi) is 18.3. The summed E-state index contributed by atoms with van der Waals surface area (Å²) in [7, 11) is 0. The molecule has 0 aromatic heterocycles. The molecule has 3 aliphatic rings. The van der Waals surface area contributed by atoms with Crippen LogP contribution in [0.15, 0.2) is 66.3 Å². The second-order valence-electron chi connectivity index (χ2n) is 19.1. The molecule has 15 nitrogen and oxygen atoms in total. The topological polar surface area (TPSA) is 202 Å². The largest absolute Gasteiger partial charge is 0.462 e. The van der Waals surface area contributed by atoms with Crippen molar-refractivity contribution in [3.63, 3.8) is 0 Å². The van der Waals surface area contributed by atoms with Crippen LogP contribution in [0.3, 0.4) is 0 Å². The number of ether oxygens (including phenoxy) is 6. The van der Waals surface area contributed by atoms with Crippen molar-refractivity contribution in [1.29, 1.82) is 0 Å². The Hall–Kier alpha value is -5.38. The van der Waals surface area contributed by atoms with E-state index in [-0.39, 0.29) is 44.6 Å². The number of unbranched alkanes of at least 4 members (excludes halogenated alkanes) is 4. The number of aliphatic hydroxyl groups is 1. The van der Waals surface area contributed by atoms with Crippen LogP contribution in [0.5, 0.6) is 0 Å². The fourth-order valence-corrected chi connectivity index (χ4v) is 8.11. The highest BCUT2D eigenvalue weighted by Gasteiger charge is 2.52. The fourth-order valence-electron chi connectivity index (χ4n) is 8.11. The molecule has 2 amide bonds. The molecule has 5 unspecified atom stereocenters. The lowest BCUT2D eigenvalue weighted by Crippen LogP contribution is -2.43. The van der Waals surface area contributed by atoms with E-state index in [9.17, 15) is 33.9 Å². The first-order valence-electron chi connectivity index (χ1n) is 23.3. The Labute approximate surface area is 388 Å². The van der Waals surface area contributed by atoms with Crippen LogP contribution < -0.4 is 10.6 Å². The number of esters is 4. The second kappa shape index (κ2) is 23.4. The molecule has 5 rings (SSSR count). The van der Waals surface area contributed by atoms with E-state index in [1.54, 1.807) is 89.2 Å². The smallest absolute Gasteiger partial charge is 0.348 e. The number of fused-ring (bicyclic) bond motifs is 1. The van der Waals surface area contributed by atoms with Crippen molar-refractivity contribution in [3.05, 3.63) is 88.5 Å². The monoisotopic (exact) mass is 916 g/mol. The van der Waals surface area contributed by atoms with E-state index in [0.29, 0.717) is 35.1 Å². The average molecular weight is 917 g/mol. The molecule has 2 heterocycles. The zero-order valence-electron chi connectivity index (χ0n) is 39.5. The molecule has 15 heteroatoms. The summed E-state index contributed by atoms with van der Waals surface area (Å²) < 4.78 is 35.5. The lowest BCUT2D eigenvalue weighted by Gasteiger charge is -2.31. The molecule has 0 saturated carbocycles. The third-order valence-corrected chi connectivity index (χ3v) is 11.6. The van der Waals surface area contributed by atoms with E-state index in [1.165, 1.54) is 12.2 Å². The molecule has 2 aliphatic heterocycles. The van der Waals surface area contributed by atoms with E-state index in [2.05, 4.69) is 24.5 Å². The van der Waals surface area contributed by atoms with Gasteiger partial charge in [-0.25, -0.2) is 14.4 Å². The van der Waals surface area contributed by atoms with Crippen molar-refractivity contribution < 1.29 is 62.3 Å². The SMILES string of the molecule is CCCCCC1(CCCCC)OC2C=C(C(=O)NCc3cccc(C(=O)NC(CO)CCC(=O)OC(C)(C)C)c3)CC(OC(=O)c3cccc(C=CC(=O)OC4C(=O)OCC4(C)C)c3)C2O1. The predicted molar refractivity (Wildman–Crippen MR) is 244 cm³/mol. The van der Waals surface area contributed by atoms with Crippen LogP contribution >= 0.6 is 0 Å². The van der Waals surface area contributed by atoms with Crippen LogP contribution in [0.1, 0.15) is 151 Å². The number of cyclic esters (lactones) is 1. The highest BCUT2D eigenvalue weighted by atomic mass is 16.8. The van der Waals surface area contributed by atoms with Gasteiger partial charge < -0.3 is 44.2 Å². The van der Waals surface area contributed by atoms with E-state index < -0.39 is 83.0 Å². The first-order chi connectivity index (χ1) is 31.3. The van der Waals surface area contributed by atoms with Gasteiger partial charge in [0.15, 0.2) is 5.79 Å². The quantitative estimate of drug-likeness (QED) is 0.0463. The van der Waals surface area contributed by atoms with E-state index in [4.69, 9.17) is 28.4 Å². The molecular weight excluding hydrogens is 849 g/mol. The number of carbonyl (C=O) groups excluding carboxylic acids is 6. The fraction of sp³-hybridized carbons (Fsp3) is 0.569. The van der Waals surface area contributed by atoms with Gasteiger partial charge in [-0.3, -0.25) is 14.4 Å². The van der Waals surface area contributed by atoms with Crippen molar-refractivity contribution in [2.75, 3.05) is 13.2 Å². The lowest BCUT2D eigenvalue weighted by atomic mass is 9.90. The molecule has 2 aromatic carbocycles. The number of hydrogen-bond donors (Lipinski definition) is 3. The summed E-state index contributed by atoms with van der Waals surface area (Å²) in [4.78, 5) is 78.1. The minimum atomic E-state index is -1.03. The molecule has 2 fully saturated rings. The number of rotatable bonds is 22. The molecule has 5 atom stereocenters. The normalized spacial score (nSPS) is 21.3. The Balaban J connectivity index is 1.28. The van der Waals surface area contributed by atoms with Crippen molar-refractivity contribution in [2.24, 2.45) is 5.41 Å². The zero-order chi connectivity index (χ0) is 48.1. The standard InChI is InChI=1S/C51H68N2O13/c1-8-10-12-24-51(25-13-11-9-2)64-40-29-37(45(57)52-30-34-17-15-18-35(27-34)46(58)53-38(31-54)21-23-42(56)65-49(3,4)5)28-39(43(40)66-51)62-47(59)36-19-14-16-33(26-36)20-22-41(55)63-44-48(60)61-32-50(44,6)7/h14-20,22,26-27,29,38-40,43-44,54H,8-13,21,23-25,28,30-32H2,1-7H3,(H,52,57)(H,53,58). The van der Waals surface area contributed by atoms with Gasteiger partial charge in [-0.15, -0.1) is 0 Å². The summed E-state index contributed by atoms with van der Waals surface area (Å²) in [5.74, 6) is -4.18. The van der Waals surface area contributed by atoms with Gasteiger partial charge in [0.05, 0.1) is 18.2 Å². The van der Waals surface area contributed by atoms with E-state index >= 15 is 0 Å². The van der Waals surface area contributed by atoms with Crippen molar-refractivity contribution >= 4 is 41.8 Å². The molecule has 360 valence electrons. The van der Waals surface area contributed by atoms with Gasteiger partial charge in [0.25, 0.3) is 5.91 Å². The van der Waals surface area contributed by atoms with Crippen LogP contribution in [0.4, 0.5) is 0 Å². The molecule has 2 aromatic rings. The average Bonchev–Trinajstić information content (AvgIpc) is 3.77. The van der Waals surface area contributed by atoms with Gasteiger partial charge in [0.2, 0.25) is 12.0 Å². The first kappa shape index (κ1) is 51.6. The molecule has 1 aliphatic carbocycles. The summed E-state index contributed by atoms with van der Waals surface area (Å²) >= 11 is 0. The second-order valence-corrected chi connectivity index (χ2v) is 19.1. The first-order valence-corrected chi connectivity index (χ1v) is 23.3. The summed E-state index contributed by atoms with van der Waals surface area (Å²) in [5.41, 5.74) is 0.702. The van der Waals surface area contributed by atoms with Crippen molar-refractivity contribution in [1.82, 2.24) is 10.6 Å². The van der Waals surface area contributed by atoms with Crippen molar-refractivity contribution in [3.8, 4) is 0 Å². The Bertz CT molecular complexity index is 2090. The summed E-state index contributed by atoms with van der Waals surface area (Å²) in [6, 6.07) is 12.6. The molecule has 66 heavy (non-hydrogen) atoms. The van der Waals surface area contributed by atoms with E-state index in [0.717, 1.165) is 38.5 Å². The molecule has 2 saturated heterocycles. The minimum Gasteiger partial charge on any atom is -0.462 e. The van der Waals surface area contributed by atoms with Crippen LogP contribution in [0.2, 0.25) is 0 Å². The van der Waals surface area contributed by atoms with Crippen LogP contribution in [0, 0.1) is 5.41 Å². The van der Waals surface area contributed by atoms with Gasteiger partial charge >= 0.3 is 23.9 Å². The molecule has 0 bridgehead atoms. The Morgan fingerprint density at radius 2 is 1.61 bits per heavy atom. The van der Waals surface area contributed by atoms with Crippen LogP contribution in [-0.2, 0) is 54.1 Å². The Morgan fingerprint density at radius 1 is 0.909 bits per heavy atom. The predicted octanol–water partition coefficient (Wildman–Crippen LogP) is 7.22. The minimum absolute atomic E-state index is 0.0219. The molecular formula is C51H68N2O13. The van der Waals surface area contributed by atoms with Gasteiger partial charge in [0.1, 0.15) is 30.5 Å². The van der Waals surface area contributed by atoms with E-state index in [1.807, 2.05) is 0 Å². The summed E-state index contributed by atoms with van der Waals surface area (Å²) in [6.07, 6.45) is 8.47. The van der Waals surface area contributed by atoms with Crippen molar-refractivity contribution in [2.45, 2.75) is 167 Å². The number of nitrogens with one attached hydrogen (secondary N) is 2. The van der Waals surface area contributed by atoms with Gasteiger partial charge in [-0.2, -0.15) is 0 Å². The number of aliphatic hydroxyl groups excluding tert-OH is 1. The number of amides is 2. The maximum Gasteiger partial charge on any atom is 0.348 e. The highest BCUT2D eigenvalue weighted by Crippen LogP contribution is 2.43. The van der Waals surface area contributed by atoms with Crippen LogP contribution in [0.25, 0.3) is 6.08 Å². The highest BCUT2D eigenvalue weighted by molar-refractivity contribution is 5.96. The third-order valence-electron chi connectivity index (χ3n) is 11.6. The van der Waals surface area contributed by atoms with Gasteiger partial charge in [-0.05, 0) is 87.6 Å². The Morgan fingerprint density at radius 3 is 2.26 bits per heavy atom. The third kappa shape index (κ3) is 14.8. The summed E-state index contributed by atoms with van der Waals surface area (Å²) in [5, 5.41) is 15.6. The molecule has 0 spiro atoms. The number of benzene rings is 2. The maximum absolute atomic E-state index is 14.0. The molecule has 0 radical (unpaired) electrons. The molecule has 3 N–H and O–H groups in total. The van der Waals surface area contributed by atoms with Gasteiger partial charge in [-0.1, -0.05) is 77.6 Å².